The third-order valence-electron chi connectivity index (χ3n) is 3.26. The van der Waals surface area contributed by atoms with Crippen LogP contribution in [0.4, 0.5) is 5.95 Å². The molecule has 0 saturated heterocycles. The predicted molar refractivity (Wildman–Crippen MR) is 75.7 cm³/mol. The predicted octanol–water partition coefficient (Wildman–Crippen LogP) is 1.88. The molecule has 0 aromatic carbocycles. The van der Waals surface area contributed by atoms with E-state index in [2.05, 4.69) is 15.3 Å². The van der Waals surface area contributed by atoms with Gasteiger partial charge in [-0.25, -0.2) is 4.98 Å². The SMILES string of the molecule is CC(C)OCCCNc1nc2c(c(=O)[nH]1)CCCC2. The number of aromatic amines is 1. The number of hydrogen-bond donors (Lipinski definition) is 2. The van der Waals surface area contributed by atoms with Crippen molar-refractivity contribution in [3.63, 3.8) is 0 Å². The molecule has 1 aromatic rings. The van der Waals surface area contributed by atoms with Crippen LogP contribution in [0.25, 0.3) is 0 Å². The maximum Gasteiger partial charge on any atom is 0.255 e. The first-order valence-electron chi connectivity index (χ1n) is 7.14. The number of nitrogens with zero attached hydrogens (tertiary/aromatic N) is 1. The van der Waals surface area contributed by atoms with Crippen LogP contribution in [-0.4, -0.2) is 29.2 Å². The largest absolute Gasteiger partial charge is 0.379 e. The van der Waals surface area contributed by atoms with Crippen LogP contribution in [-0.2, 0) is 17.6 Å². The maximum atomic E-state index is 11.9. The lowest BCUT2D eigenvalue weighted by Gasteiger charge is -2.15. The molecule has 0 amide bonds. The zero-order chi connectivity index (χ0) is 13.7. The van der Waals surface area contributed by atoms with Gasteiger partial charge in [-0.05, 0) is 46.0 Å². The van der Waals surface area contributed by atoms with E-state index in [0.717, 1.165) is 56.5 Å². The molecule has 106 valence electrons. The third kappa shape index (κ3) is 4.06. The molecule has 0 bridgehead atoms. The molecule has 0 fully saturated rings. The minimum Gasteiger partial charge on any atom is -0.379 e. The molecule has 0 aliphatic heterocycles. The maximum absolute atomic E-state index is 11.9. The van der Waals surface area contributed by atoms with Gasteiger partial charge in [0.15, 0.2) is 0 Å². The van der Waals surface area contributed by atoms with E-state index in [9.17, 15) is 4.79 Å². The van der Waals surface area contributed by atoms with Crippen LogP contribution in [0, 0.1) is 0 Å². The van der Waals surface area contributed by atoms with E-state index in [1.165, 1.54) is 0 Å². The van der Waals surface area contributed by atoms with Gasteiger partial charge < -0.3 is 10.1 Å². The fraction of sp³-hybridized carbons (Fsp3) is 0.714. The second kappa shape index (κ2) is 6.70. The number of anilines is 1. The molecule has 5 heteroatoms. The Hall–Kier alpha value is -1.36. The molecule has 19 heavy (non-hydrogen) atoms. The lowest BCUT2D eigenvalue weighted by Crippen LogP contribution is -2.23. The van der Waals surface area contributed by atoms with Gasteiger partial charge in [-0.1, -0.05) is 0 Å². The summed E-state index contributed by atoms with van der Waals surface area (Å²) in [4.78, 5) is 19.2. The van der Waals surface area contributed by atoms with E-state index < -0.39 is 0 Å². The van der Waals surface area contributed by atoms with Gasteiger partial charge in [0.05, 0.1) is 11.8 Å². The summed E-state index contributed by atoms with van der Waals surface area (Å²) in [5.41, 5.74) is 1.86. The second-order valence-electron chi connectivity index (χ2n) is 5.25. The molecule has 0 radical (unpaired) electrons. The third-order valence-corrected chi connectivity index (χ3v) is 3.26. The van der Waals surface area contributed by atoms with Crippen molar-refractivity contribution in [2.45, 2.75) is 52.1 Å². The summed E-state index contributed by atoms with van der Waals surface area (Å²) in [7, 11) is 0. The first-order chi connectivity index (χ1) is 9.16. The van der Waals surface area contributed by atoms with Crippen molar-refractivity contribution in [1.82, 2.24) is 9.97 Å². The fourth-order valence-electron chi connectivity index (χ4n) is 2.28. The summed E-state index contributed by atoms with van der Waals surface area (Å²) >= 11 is 0. The average Bonchev–Trinajstić information content (AvgIpc) is 2.38. The van der Waals surface area contributed by atoms with E-state index in [1.807, 2.05) is 13.8 Å². The number of H-pyrrole nitrogens is 1. The summed E-state index contributed by atoms with van der Waals surface area (Å²) in [6, 6.07) is 0. The lowest BCUT2D eigenvalue weighted by atomic mass is 9.97. The molecular formula is C14H23N3O2. The van der Waals surface area contributed by atoms with Crippen molar-refractivity contribution in [2.75, 3.05) is 18.5 Å². The Morgan fingerprint density at radius 3 is 2.95 bits per heavy atom. The molecule has 0 atom stereocenters. The van der Waals surface area contributed by atoms with Crippen molar-refractivity contribution in [1.29, 1.82) is 0 Å². The van der Waals surface area contributed by atoms with Crippen molar-refractivity contribution in [3.05, 3.63) is 21.6 Å². The standard InChI is InChI=1S/C14H23N3O2/c1-10(2)19-9-5-8-15-14-16-12-7-4-3-6-11(12)13(18)17-14/h10H,3-9H2,1-2H3,(H2,15,16,17,18). The molecule has 5 nitrogen and oxygen atoms in total. The Morgan fingerprint density at radius 2 is 2.16 bits per heavy atom. The van der Waals surface area contributed by atoms with E-state index >= 15 is 0 Å². The number of rotatable bonds is 6. The van der Waals surface area contributed by atoms with Crippen LogP contribution in [0.3, 0.4) is 0 Å². The lowest BCUT2D eigenvalue weighted by molar-refractivity contribution is 0.0787. The highest BCUT2D eigenvalue weighted by Crippen LogP contribution is 2.16. The highest BCUT2D eigenvalue weighted by Gasteiger charge is 2.15. The normalized spacial score (nSPS) is 14.5. The van der Waals surface area contributed by atoms with Crippen molar-refractivity contribution in [3.8, 4) is 0 Å². The summed E-state index contributed by atoms with van der Waals surface area (Å²) in [6.45, 7) is 5.53. The summed E-state index contributed by atoms with van der Waals surface area (Å²) < 4.78 is 5.46. The molecule has 1 aliphatic carbocycles. The highest BCUT2D eigenvalue weighted by atomic mass is 16.5. The average molecular weight is 265 g/mol. The smallest absolute Gasteiger partial charge is 0.255 e. The minimum absolute atomic E-state index is 0.0191. The van der Waals surface area contributed by atoms with Crippen molar-refractivity contribution in [2.24, 2.45) is 0 Å². The molecular weight excluding hydrogens is 242 g/mol. The molecule has 2 N–H and O–H groups in total. The summed E-state index contributed by atoms with van der Waals surface area (Å²) in [5.74, 6) is 0.593. The molecule has 1 aliphatic rings. The first kappa shape index (κ1) is 14.1. The van der Waals surface area contributed by atoms with Crippen LogP contribution in [0.1, 0.15) is 44.4 Å². The first-order valence-corrected chi connectivity index (χ1v) is 7.14. The summed E-state index contributed by atoms with van der Waals surface area (Å²) in [5, 5.41) is 3.16. The van der Waals surface area contributed by atoms with E-state index in [4.69, 9.17) is 4.74 Å². The highest BCUT2D eigenvalue weighted by molar-refractivity contribution is 5.30. The van der Waals surface area contributed by atoms with E-state index in [-0.39, 0.29) is 11.7 Å². The number of fused-ring (bicyclic) bond motifs is 1. The van der Waals surface area contributed by atoms with Crippen LogP contribution in [0.15, 0.2) is 4.79 Å². The Labute approximate surface area is 113 Å². The van der Waals surface area contributed by atoms with Gasteiger partial charge in [0, 0.05) is 18.7 Å². The van der Waals surface area contributed by atoms with Crippen molar-refractivity contribution < 1.29 is 4.74 Å². The molecule has 2 rings (SSSR count). The van der Waals surface area contributed by atoms with Gasteiger partial charge in [0.25, 0.3) is 5.56 Å². The minimum atomic E-state index is 0.0191. The van der Waals surface area contributed by atoms with Gasteiger partial charge in [-0.3, -0.25) is 9.78 Å². The quantitative estimate of drug-likeness (QED) is 0.771. The zero-order valence-corrected chi connectivity index (χ0v) is 11.8. The van der Waals surface area contributed by atoms with Gasteiger partial charge in [0.1, 0.15) is 0 Å². The number of nitrogens with one attached hydrogen (secondary N) is 2. The monoisotopic (exact) mass is 265 g/mol. The number of hydrogen-bond acceptors (Lipinski definition) is 4. The van der Waals surface area contributed by atoms with Crippen LogP contribution >= 0.6 is 0 Å². The van der Waals surface area contributed by atoms with E-state index in [1.54, 1.807) is 0 Å². The van der Waals surface area contributed by atoms with E-state index in [0.29, 0.717) is 5.95 Å². The number of aromatic nitrogens is 2. The van der Waals surface area contributed by atoms with Crippen LogP contribution < -0.4 is 10.9 Å². The Kier molecular flexibility index (Phi) is 4.96. The van der Waals surface area contributed by atoms with Crippen LogP contribution in [0.2, 0.25) is 0 Å². The molecule has 1 heterocycles. The van der Waals surface area contributed by atoms with Gasteiger partial charge in [-0.2, -0.15) is 0 Å². The Bertz CT molecular complexity index is 468. The molecule has 0 unspecified atom stereocenters. The Morgan fingerprint density at radius 1 is 1.37 bits per heavy atom. The van der Waals surface area contributed by atoms with Crippen LogP contribution in [0.5, 0.6) is 0 Å². The Balaban J connectivity index is 1.87. The van der Waals surface area contributed by atoms with Gasteiger partial charge in [-0.15, -0.1) is 0 Å². The topological polar surface area (TPSA) is 67.0 Å². The van der Waals surface area contributed by atoms with Crippen molar-refractivity contribution >= 4 is 5.95 Å². The summed E-state index contributed by atoms with van der Waals surface area (Å²) in [6.07, 6.45) is 5.17. The zero-order valence-electron chi connectivity index (χ0n) is 11.8. The number of aryl methyl sites for hydroxylation is 1. The fourth-order valence-corrected chi connectivity index (χ4v) is 2.28. The molecule has 1 aromatic heterocycles. The second-order valence-corrected chi connectivity index (χ2v) is 5.25. The molecule has 0 saturated carbocycles. The van der Waals surface area contributed by atoms with Gasteiger partial charge >= 0.3 is 0 Å². The molecule has 0 spiro atoms. The number of ether oxygens (including phenoxy) is 1. The van der Waals surface area contributed by atoms with Gasteiger partial charge in [0.2, 0.25) is 5.95 Å².